The summed E-state index contributed by atoms with van der Waals surface area (Å²) in [4.78, 5) is 0. The molecule has 2 heterocycles. The van der Waals surface area contributed by atoms with Crippen molar-refractivity contribution in [3.63, 3.8) is 0 Å². The lowest BCUT2D eigenvalue weighted by Crippen LogP contribution is -2.02. The average Bonchev–Trinajstić information content (AvgIpc) is 2.88. The molecule has 0 radical (unpaired) electrons. The van der Waals surface area contributed by atoms with Crippen LogP contribution in [0.1, 0.15) is 11.3 Å². The van der Waals surface area contributed by atoms with Gasteiger partial charge in [-0.25, -0.2) is 5.43 Å². The number of halogens is 1. The minimum absolute atomic E-state index is 0.469. The molecule has 0 bridgehead atoms. The van der Waals surface area contributed by atoms with Gasteiger partial charge in [0.05, 0.1) is 5.69 Å². The molecule has 1 aromatic carbocycles. The molecule has 3 aromatic rings. The molecule has 100 valence electrons. The van der Waals surface area contributed by atoms with E-state index in [0.29, 0.717) is 16.2 Å². The van der Waals surface area contributed by atoms with E-state index in [1.807, 2.05) is 49.4 Å². The quantitative estimate of drug-likeness (QED) is 0.592. The van der Waals surface area contributed by atoms with Crippen LogP contribution in [-0.4, -0.2) is 24.4 Å². The first-order chi connectivity index (χ1) is 9.74. The monoisotopic (exact) mass is 330 g/mol. The second-order valence-corrected chi connectivity index (χ2v) is 4.90. The van der Waals surface area contributed by atoms with Crippen LogP contribution in [0.15, 0.2) is 47.6 Å². The maximum absolute atomic E-state index is 4.33. The highest BCUT2D eigenvalue weighted by Crippen LogP contribution is 2.10. The summed E-state index contributed by atoms with van der Waals surface area (Å²) in [6.45, 7) is 1.91. The first-order valence-corrected chi connectivity index (χ1v) is 6.77. The lowest BCUT2D eigenvalue weighted by atomic mass is 10.2. The van der Waals surface area contributed by atoms with Gasteiger partial charge >= 0.3 is 0 Å². The van der Waals surface area contributed by atoms with Crippen LogP contribution in [0.25, 0.3) is 5.65 Å². The summed E-state index contributed by atoms with van der Waals surface area (Å²) in [6.07, 6.45) is 0. The summed E-state index contributed by atoms with van der Waals surface area (Å²) in [5.41, 5.74) is 5.38. The fourth-order valence-corrected chi connectivity index (χ4v) is 2.04. The molecule has 0 spiro atoms. The van der Waals surface area contributed by atoms with Crippen molar-refractivity contribution in [1.29, 1.82) is 0 Å². The zero-order valence-corrected chi connectivity index (χ0v) is 12.2. The van der Waals surface area contributed by atoms with Crippen molar-refractivity contribution >= 4 is 32.1 Å². The average molecular weight is 331 g/mol. The molecule has 6 nitrogen and oxygen atoms in total. The minimum Gasteiger partial charge on any atom is -0.243 e. The Morgan fingerprint density at radius 3 is 2.75 bits per heavy atom. The molecule has 1 N–H and O–H groups in total. The molecule has 3 rings (SSSR count). The van der Waals surface area contributed by atoms with Gasteiger partial charge in [0.15, 0.2) is 5.65 Å². The molecule has 0 aliphatic rings. The minimum atomic E-state index is 0.469. The number of hydrazone groups is 1. The molecule has 0 saturated carbocycles. The Morgan fingerprint density at radius 2 is 1.95 bits per heavy atom. The van der Waals surface area contributed by atoms with Gasteiger partial charge in [0.1, 0.15) is 4.62 Å². The van der Waals surface area contributed by atoms with E-state index in [4.69, 9.17) is 0 Å². The predicted octanol–water partition coefficient (Wildman–Crippen LogP) is 2.60. The maximum Gasteiger partial charge on any atom is 0.266 e. The third-order valence-corrected chi connectivity index (χ3v) is 3.30. The molecular weight excluding hydrogens is 320 g/mol. The van der Waals surface area contributed by atoms with Gasteiger partial charge in [-0.1, -0.05) is 30.3 Å². The number of hydrogen-bond donors (Lipinski definition) is 1. The fraction of sp³-hybridized carbons (Fsp3) is 0.0769. The molecular formula is C13H11BrN6. The van der Waals surface area contributed by atoms with Gasteiger partial charge in [-0.2, -0.15) is 14.7 Å². The number of fused-ring (bicyclic) bond motifs is 1. The largest absolute Gasteiger partial charge is 0.266 e. The van der Waals surface area contributed by atoms with Gasteiger partial charge in [-0.15, -0.1) is 10.2 Å². The first-order valence-electron chi connectivity index (χ1n) is 5.98. The van der Waals surface area contributed by atoms with Gasteiger partial charge in [0, 0.05) is 5.56 Å². The zero-order chi connectivity index (χ0) is 13.9. The van der Waals surface area contributed by atoms with Crippen molar-refractivity contribution in [2.24, 2.45) is 5.10 Å². The molecule has 0 atom stereocenters. The number of hydrogen-bond acceptors (Lipinski definition) is 5. The van der Waals surface area contributed by atoms with E-state index in [2.05, 4.69) is 41.8 Å². The summed E-state index contributed by atoms with van der Waals surface area (Å²) in [5, 5.41) is 16.6. The molecule has 20 heavy (non-hydrogen) atoms. The Balaban J connectivity index is 1.88. The van der Waals surface area contributed by atoms with Gasteiger partial charge < -0.3 is 0 Å². The topological polar surface area (TPSA) is 67.5 Å². The second kappa shape index (κ2) is 5.38. The molecule has 7 heteroatoms. The van der Waals surface area contributed by atoms with Crippen molar-refractivity contribution in [3.8, 4) is 0 Å². The van der Waals surface area contributed by atoms with E-state index in [9.17, 15) is 0 Å². The molecule has 0 unspecified atom stereocenters. The SMILES string of the molecule is Cc1ccc2nnc(N/N=C(\Br)c3ccccc3)n2n1. The Hall–Kier alpha value is -2.28. The Labute approximate surface area is 123 Å². The normalized spacial score (nSPS) is 11.8. The van der Waals surface area contributed by atoms with Gasteiger partial charge in [0.2, 0.25) is 0 Å². The third kappa shape index (κ3) is 2.53. The van der Waals surface area contributed by atoms with Crippen LogP contribution >= 0.6 is 15.9 Å². The predicted molar refractivity (Wildman–Crippen MR) is 81.0 cm³/mol. The number of benzene rings is 1. The molecule has 0 aliphatic heterocycles. The van der Waals surface area contributed by atoms with E-state index < -0.39 is 0 Å². The number of nitrogens with zero attached hydrogens (tertiary/aromatic N) is 5. The zero-order valence-electron chi connectivity index (χ0n) is 10.7. The van der Waals surface area contributed by atoms with Crippen molar-refractivity contribution < 1.29 is 0 Å². The standard InChI is InChI=1S/C13H11BrN6/c1-9-7-8-11-15-17-13(20(11)19-9)18-16-12(14)10-5-3-2-4-6-10/h2-8H,1H3,(H,17,18)/b16-12-. The first kappa shape index (κ1) is 12.7. The van der Waals surface area contributed by atoms with Crippen LogP contribution in [0.5, 0.6) is 0 Å². The smallest absolute Gasteiger partial charge is 0.243 e. The van der Waals surface area contributed by atoms with Crippen molar-refractivity contribution in [1.82, 2.24) is 19.8 Å². The van der Waals surface area contributed by atoms with Crippen LogP contribution in [0.3, 0.4) is 0 Å². The Bertz CT molecular complexity index is 765. The number of aromatic nitrogens is 4. The van der Waals surface area contributed by atoms with Crippen LogP contribution < -0.4 is 5.43 Å². The summed E-state index contributed by atoms with van der Waals surface area (Å²) < 4.78 is 2.30. The maximum atomic E-state index is 4.33. The number of anilines is 1. The Morgan fingerprint density at radius 1 is 1.15 bits per heavy atom. The lowest BCUT2D eigenvalue weighted by molar-refractivity contribution is 0.893. The Kier molecular flexibility index (Phi) is 3.42. The number of rotatable bonds is 3. The molecule has 0 aliphatic carbocycles. The summed E-state index contributed by atoms with van der Waals surface area (Å²) >= 11 is 3.42. The third-order valence-electron chi connectivity index (χ3n) is 2.66. The highest BCUT2D eigenvalue weighted by Gasteiger charge is 2.06. The number of aryl methyl sites for hydroxylation is 1. The summed E-state index contributed by atoms with van der Waals surface area (Å²) in [5.74, 6) is 0.469. The second-order valence-electron chi connectivity index (χ2n) is 4.15. The van der Waals surface area contributed by atoms with Gasteiger partial charge in [0.25, 0.3) is 5.95 Å². The van der Waals surface area contributed by atoms with Crippen LogP contribution in [0.4, 0.5) is 5.95 Å². The van der Waals surface area contributed by atoms with Gasteiger partial charge in [-0.3, -0.25) is 0 Å². The van der Waals surface area contributed by atoms with Crippen molar-refractivity contribution in [2.75, 3.05) is 5.43 Å². The van der Waals surface area contributed by atoms with Crippen molar-refractivity contribution in [2.45, 2.75) is 6.92 Å². The van der Waals surface area contributed by atoms with E-state index in [1.165, 1.54) is 0 Å². The highest BCUT2D eigenvalue weighted by molar-refractivity contribution is 9.18. The van der Waals surface area contributed by atoms with Crippen LogP contribution in [0.2, 0.25) is 0 Å². The van der Waals surface area contributed by atoms with E-state index >= 15 is 0 Å². The molecule has 0 saturated heterocycles. The van der Waals surface area contributed by atoms with E-state index in [1.54, 1.807) is 4.52 Å². The van der Waals surface area contributed by atoms with Crippen LogP contribution in [0, 0.1) is 6.92 Å². The fourth-order valence-electron chi connectivity index (χ4n) is 1.69. The van der Waals surface area contributed by atoms with E-state index in [0.717, 1.165) is 11.3 Å². The summed E-state index contributed by atoms with van der Waals surface area (Å²) in [7, 11) is 0. The van der Waals surface area contributed by atoms with Crippen LogP contribution in [-0.2, 0) is 0 Å². The van der Waals surface area contributed by atoms with Gasteiger partial charge in [-0.05, 0) is 35.0 Å². The van der Waals surface area contributed by atoms with E-state index in [-0.39, 0.29) is 0 Å². The number of nitrogens with one attached hydrogen (secondary N) is 1. The molecule has 0 amide bonds. The summed E-state index contributed by atoms with van der Waals surface area (Å²) in [6, 6.07) is 13.5. The molecule has 0 fully saturated rings. The van der Waals surface area contributed by atoms with Crippen molar-refractivity contribution in [3.05, 3.63) is 53.7 Å². The molecule has 2 aromatic heterocycles. The highest BCUT2D eigenvalue weighted by atomic mass is 79.9. The lowest BCUT2D eigenvalue weighted by Gasteiger charge is -2.01.